The van der Waals surface area contributed by atoms with Crippen LogP contribution in [0.4, 0.5) is 10.1 Å². The number of carbonyl (C=O) groups excluding carboxylic acids is 1. The maximum Gasteiger partial charge on any atom is 0.252 e. The van der Waals surface area contributed by atoms with E-state index in [0.29, 0.717) is 46.7 Å². The summed E-state index contributed by atoms with van der Waals surface area (Å²) in [5.41, 5.74) is 19.0. The lowest BCUT2D eigenvalue weighted by atomic mass is 9.80. The Labute approximate surface area is 241 Å². The van der Waals surface area contributed by atoms with Gasteiger partial charge < -0.3 is 19.9 Å². The molecule has 1 amide bonds. The summed E-state index contributed by atoms with van der Waals surface area (Å²) in [7, 11) is 0. The van der Waals surface area contributed by atoms with Gasteiger partial charge in [-0.1, -0.05) is 58.8 Å². The minimum absolute atomic E-state index is 0.000760. The molecule has 0 aliphatic carbocycles. The van der Waals surface area contributed by atoms with Gasteiger partial charge in [0.1, 0.15) is 12.4 Å². The molecule has 216 valence electrons. The number of aliphatic imine (C=N–C) groups is 1. The molecule has 2 atom stereocenters. The smallest absolute Gasteiger partial charge is 0.252 e. The van der Waals surface area contributed by atoms with Crippen LogP contribution in [-0.2, 0) is 22.5 Å². The Kier molecular flexibility index (Phi) is 10.3. The monoisotopic (exact) mass is 572 g/mol. The Morgan fingerprint density at radius 2 is 1.81 bits per heavy atom. The van der Waals surface area contributed by atoms with Gasteiger partial charge in [0.2, 0.25) is 5.90 Å². The first-order chi connectivity index (χ1) is 20.6. The summed E-state index contributed by atoms with van der Waals surface area (Å²) in [6.45, 7) is -0.666. The lowest BCUT2D eigenvalue weighted by Crippen LogP contribution is -2.50. The average molecular weight is 573 g/mol. The molecule has 2 N–H and O–H groups in total. The zero-order chi connectivity index (χ0) is 29.8. The first kappa shape index (κ1) is 29.9. The highest BCUT2D eigenvalue weighted by atomic mass is 19.1. The molecule has 12 nitrogen and oxygen atoms in total. The zero-order valence-electron chi connectivity index (χ0n) is 22.6. The Hall–Kier alpha value is -5.09. The number of aliphatic hydroxyl groups is 1. The topological polar surface area (TPSA) is 178 Å². The van der Waals surface area contributed by atoms with Gasteiger partial charge in [0.25, 0.3) is 5.91 Å². The van der Waals surface area contributed by atoms with E-state index in [9.17, 15) is 9.18 Å². The van der Waals surface area contributed by atoms with Crippen LogP contribution in [0.2, 0.25) is 0 Å². The Bertz CT molecular complexity index is 1520. The number of carbonyl (C=O) groups is 1. The van der Waals surface area contributed by atoms with Crippen LogP contribution >= 0.6 is 0 Å². The molecule has 1 aliphatic heterocycles. The van der Waals surface area contributed by atoms with E-state index in [1.54, 1.807) is 72.8 Å². The van der Waals surface area contributed by atoms with Crippen molar-refractivity contribution in [1.82, 2.24) is 5.32 Å². The molecule has 0 fully saturated rings. The van der Waals surface area contributed by atoms with E-state index in [4.69, 9.17) is 30.6 Å². The number of hydrogen-bond acceptors (Lipinski definition) is 7. The fraction of sp³-hybridized carbons (Fsp3) is 0.310. The Morgan fingerprint density at radius 3 is 2.52 bits per heavy atom. The number of alkyl halides is 1. The summed E-state index contributed by atoms with van der Waals surface area (Å²) in [5.74, 6) is 0.160. The molecule has 0 radical (unpaired) electrons. The number of benzene rings is 3. The molecule has 13 heteroatoms. The highest BCUT2D eigenvalue weighted by Crippen LogP contribution is 2.44. The van der Waals surface area contributed by atoms with Gasteiger partial charge in [-0.25, -0.2) is 9.38 Å². The van der Waals surface area contributed by atoms with E-state index in [-0.39, 0.29) is 32.0 Å². The summed E-state index contributed by atoms with van der Waals surface area (Å²) in [4.78, 5) is 24.7. The second-order valence-electron chi connectivity index (χ2n) is 9.32. The normalized spacial score (nSPS) is 17.3. The van der Waals surface area contributed by atoms with Crippen molar-refractivity contribution in [3.63, 3.8) is 0 Å². The first-order valence-corrected chi connectivity index (χ1v) is 13.2. The Morgan fingerprint density at radius 1 is 1.07 bits per heavy atom. The van der Waals surface area contributed by atoms with Gasteiger partial charge in [-0.2, -0.15) is 0 Å². The van der Waals surface area contributed by atoms with E-state index >= 15 is 0 Å². The second-order valence-corrected chi connectivity index (χ2v) is 9.32. The highest BCUT2D eigenvalue weighted by Gasteiger charge is 2.54. The summed E-state index contributed by atoms with van der Waals surface area (Å²) < 4.78 is 25.4. The molecule has 4 rings (SSSR count). The van der Waals surface area contributed by atoms with E-state index in [0.717, 1.165) is 0 Å². The molecule has 1 heterocycles. The number of azide groups is 2. The van der Waals surface area contributed by atoms with E-state index < -0.39 is 24.2 Å². The van der Waals surface area contributed by atoms with Gasteiger partial charge >= 0.3 is 0 Å². The predicted octanol–water partition coefficient (Wildman–Crippen LogP) is 5.79. The first-order valence-electron chi connectivity index (χ1n) is 13.2. The van der Waals surface area contributed by atoms with Crippen LogP contribution in [-0.4, -0.2) is 48.9 Å². The molecule has 42 heavy (non-hydrogen) atoms. The van der Waals surface area contributed by atoms with Gasteiger partial charge in [-0.05, 0) is 52.0 Å². The number of rotatable bonds is 14. The quantitative estimate of drug-likeness (QED) is 0.108. The molecule has 0 aromatic heterocycles. The summed E-state index contributed by atoms with van der Waals surface area (Å²) >= 11 is 0. The van der Waals surface area contributed by atoms with E-state index in [1.807, 2.05) is 0 Å². The summed E-state index contributed by atoms with van der Waals surface area (Å²) in [5, 5.41) is 19.1. The number of nitrogens with one attached hydrogen (secondary N) is 1. The number of aliphatic hydroxyl groups excluding tert-OH is 1. The minimum atomic E-state index is -1.66. The van der Waals surface area contributed by atoms with Gasteiger partial charge in [-0.3, -0.25) is 4.79 Å². The number of amides is 1. The highest BCUT2D eigenvalue weighted by molar-refractivity contribution is 6.01. The summed E-state index contributed by atoms with van der Waals surface area (Å²) in [6.07, 6.45) is -0.577. The lowest BCUT2D eigenvalue weighted by molar-refractivity contribution is -0.129. The number of ether oxygens (including phenoxy) is 2. The molecule has 1 aliphatic rings. The van der Waals surface area contributed by atoms with Crippen molar-refractivity contribution in [2.45, 2.75) is 31.0 Å². The molecule has 0 spiro atoms. The number of nitrogens with zero attached hydrogens (tertiary/aromatic N) is 7. The molecular weight excluding hydrogens is 543 g/mol. The van der Waals surface area contributed by atoms with Crippen molar-refractivity contribution >= 4 is 17.5 Å². The van der Waals surface area contributed by atoms with E-state index in [2.05, 4.69) is 25.4 Å². The standard InChI is InChI=1S/C29H29FN8O4/c30-14-15-33-28(40)29(18-21-6-2-4-9-25(21)36-38-32)26(24-8-3-1-7-22(24)19-34-37-31)42-27(35-29)20-10-12-23(13-11-20)41-17-5-16-39/h1-4,6-13,26,39H,5,14-19H2,(H,33,40)/t26-,29-/m1/s1. The third-order valence-electron chi connectivity index (χ3n) is 6.66. The van der Waals surface area contributed by atoms with Crippen molar-refractivity contribution in [1.29, 1.82) is 0 Å². The fourth-order valence-corrected chi connectivity index (χ4v) is 4.71. The summed E-state index contributed by atoms with van der Waals surface area (Å²) in [6, 6.07) is 20.8. The maximum absolute atomic E-state index is 14.0. The Balaban J connectivity index is 1.87. The maximum atomic E-state index is 14.0. The van der Waals surface area contributed by atoms with Crippen molar-refractivity contribution < 1.29 is 23.8 Å². The van der Waals surface area contributed by atoms with Crippen molar-refractivity contribution in [3.05, 3.63) is 116 Å². The van der Waals surface area contributed by atoms with Crippen LogP contribution in [0.25, 0.3) is 20.9 Å². The van der Waals surface area contributed by atoms with Crippen LogP contribution in [0.1, 0.15) is 34.8 Å². The van der Waals surface area contributed by atoms with Crippen molar-refractivity contribution in [3.8, 4) is 5.75 Å². The molecule has 3 aromatic rings. The van der Waals surface area contributed by atoms with Gasteiger partial charge in [0, 0.05) is 47.1 Å². The lowest BCUT2D eigenvalue weighted by Gasteiger charge is -2.32. The largest absolute Gasteiger partial charge is 0.494 e. The molecule has 0 saturated heterocycles. The third kappa shape index (κ3) is 6.79. The number of halogens is 1. The molecular formula is C29H29FN8O4. The van der Waals surface area contributed by atoms with E-state index in [1.165, 1.54) is 0 Å². The van der Waals surface area contributed by atoms with Crippen LogP contribution in [0.3, 0.4) is 0 Å². The van der Waals surface area contributed by atoms with Crippen LogP contribution in [0.15, 0.2) is 88.0 Å². The molecule has 0 bridgehead atoms. The second kappa shape index (κ2) is 14.5. The minimum Gasteiger partial charge on any atom is -0.494 e. The number of hydrogen-bond donors (Lipinski definition) is 2. The molecule has 0 saturated carbocycles. The zero-order valence-corrected chi connectivity index (χ0v) is 22.6. The third-order valence-corrected chi connectivity index (χ3v) is 6.66. The van der Waals surface area contributed by atoms with Crippen LogP contribution in [0, 0.1) is 0 Å². The average Bonchev–Trinajstić information content (AvgIpc) is 3.40. The van der Waals surface area contributed by atoms with Crippen molar-refractivity contribution in [2.24, 2.45) is 15.2 Å². The molecule has 0 unspecified atom stereocenters. The SMILES string of the molecule is [N-]=[N+]=NCc1ccccc1[C@H]1OC(c2ccc(OCCCO)cc2)=N[C@@]1(Cc1ccccc1N=[N+]=[N-])C(=O)NCCF. The predicted molar refractivity (Wildman–Crippen MR) is 154 cm³/mol. The van der Waals surface area contributed by atoms with Crippen LogP contribution < -0.4 is 10.1 Å². The van der Waals surface area contributed by atoms with Gasteiger partial charge in [-0.15, -0.1) is 0 Å². The fourth-order valence-electron chi connectivity index (χ4n) is 4.71. The van der Waals surface area contributed by atoms with Gasteiger partial charge in [0.05, 0.1) is 13.2 Å². The van der Waals surface area contributed by atoms with Crippen molar-refractivity contribution in [2.75, 3.05) is 26.4 Å². The van der Waals surface area contributed by atoms with Crippen LogP contribution in [0.5, 0.6) is 5.75 Å². The van der Waals surface area contributed by atoms with Gasteiger partial charge in [0.15, 0.2) is 11.6 Å². The molecule has 3 aromatic carbocycles.